The number of aliphatic hydroxyl groups is 1. The van der Waals surface area contributed by atoms with Crippen molar-refractivity contribution in [1.82, 2.24) is 4.90 Å². The van der Waals surface area contributed by atoms with Gasteiger partial charge in [0.05, 0.1) is 11.1 Å². The average Bonchev–Trinajstić information content (AvgIpc) is 2.34. The second-order valence-electron chi connectivity index (χ2n) is 4.52. The zero-order chi connectivity index (χ0) is 13.0. The molecule has 5 heteroatoms. The van der Waals surface area contributed by atoms with Crippen LogP contribution in [0.4, 0.5) is 0 Å². The average molecular weight is 306 g/mol. The van der Waals surface area contributed by atoms with Crippen molar-refractivity contribution in [3.63, 3.8) is 0 Å². The first-order chi connectivity index (χ1) is 8.65. The minimum Gasteiger partial charge on any atom is -0.392 e. The number of benzene rings is 1. The van der Waals surface area contributed by atoms with Crippen molar-refractivity contribution in [1.29, 1.82) is 0 Å². The van der Waals surface area contributed by atoms with Crippen LogP contribution in [0.5, 0.6) is 0 Å². The third-order valence-corrected chi connectivity index (χ3v) is 4.75. The van der Waals surface area contributed by atoms with Gasteiger partial charge < -0.3 is 5.11 Å². The molecule has 1 atom stereocenters. The van der Waals surface area contributed by atoms with Gasteiger partial charge in [-0.1, -0.05) is 23.2 Å². The van der Waals surface area contributed by atoms with Crippen LogP contribution in [0.1, 0.15) is 12.8 Å². The SMILES string of the molecule is O[C@H]1CCCN(CCSc2cc(Cl)ccc2Cl)C1. The van der Waals surface area contributed by atoms with Crippen LogP contribution in [0.15, 0.2) is 23.1 Å². The van der Waals surface area contributed by atoms with Crippen LogP contribution in [0.3, 0.4) is 0 Å². The lowest BCUT2D eigenvalue weighted by Crippen LogP contribution is -2.39. The lowest BCUT2D eigenvalue weighted by molar-refractivity contribution is 0.0743. The molecular formula is C13H17Cl2NOS. The first-order valence-electron chi connectivity index (χ1n) is 6.13. The van der Waals surface area contributed by atoms with Crippen molar-refractivity contribution in [3.05, 3.63) is 28.2 Å². The second-order valence-corrected chi connectivity index (χ2v) is 6.50. The summed E-state index contributed by atoms with van der Waals surface area (Å²) in [4.78, 5) is 3.33. The van der Waals surface area contributed by atoms with E-state index in [9.17, 15) is 5.11 Å². The topological polar surface area (TPSA) is 23.5 Å². The highest BCUT2D eigenvalue weighted by Crippen LogP contribution is 2.29. The van der Waals surface area contributed by atoms with Crippen molar-refractivity contribution >= 4 is 35.0 Å². The molecule has 0 radical (unpaired) electrons. The molecule has 2 rings (SSSR count). The summed E-state index contributed by atoms with van der Waals surface area (Å²) in [5, 5.41) is 11.1. The molecule has 1 aliphatic rings. The maximum atomic E-state index is 9.59. The van der Waals surface area contributed by atoms with Crippen molar-refractivity contribution in [3.8, 4) is 0 Å². The van der Waals surface area contributed by atoms with E-state index in [-0.39, 0.29) is 6.10 Å². The fraction of sp³-hybridized carbons (Fsp3) is 0.538. The molecule has 0 spiro atoms. The molecule has 0 saturated carbocycles. The van der Waals surface area contributed by atoms with Crippen LogP contribution in [-0.4, -0.2) is 41.5 Å². The number of nitrogens with zero attached hydrogens (tertiary/aromatic N) is 1. The standard InChI is InChI=1S/C13H17Cl2NOS/c14-10-3-4-12(15)13(8-10)18-7-6-16-5-1-2-11(17)9-16/h3-4,8,11,17H,1-2,5-7,9H2/t11-/m0/s1. The largest absolute Gasteiger partial charge is 0.392 e. The Balaban J connectivity index is 1.79. The predicted octanol–water partition coefficient (Wildman–Crippen LogP) is 3.54. The van der Waals surface area contributed by atoms with Crippen LogP contribution in [-0.2, 0) is 0 Å². The van der Waals surface area contributed by atoms with Gasteiger partial charge in [-0.25, -0.2) is 0 Å². The molecule has 2 nitrogen and oxygen atoms in total. The second kappa shape index (κ2) is 7.01. The van der Waals surface area contributed by atoms with Gasteiger partial charge in [-0.05, 0) is 37.6 Å². The summed E-state index contributed by atoms with van der Waals surface area (Å²) >= 11 is 13.8. The molecule has 1 heterocycles. The molecule has 100 valence electrons. The Morgan fingerprint density at radius 1 is 1.39 bits per heavy atom. The number of likely N-dealkylation sites (tertiary alicyclic amines) is 1. The van der Waals surface area contributed by atoms with Gasteiger partial charge in [-0.15, -0.1) is 11.8 Å². The Labute approximate surface area is 122 Å². The predicted molar refractivity (Wildman–Crippen MR) is 78.9 cm³/mol. The van der Waals surface area contributed by atoms with Gasteiger partial charge in [-0.3, -0.25) is 4.90 Å². The smallest absolute Gasteiger partial charge is 0.0667 e. The van der Waals surface area contributed by atoms with E-state index in [0.717, 1.165) is 53.2 Å². The summed E-state index contributed by atoms with van der Waals surface area (Å²) in [7, 11) is 0. The van der Waals surface area contributed by atoms with E-state index in [1.165, 1.54) is 0 Å². The third kappa shape index (κ3) is 4.32. The first kappa shape index (κ1) is 14.5. The number of piperidine rings is 1. The van der Waals surface area contributed by atoms with Crippen LogP contribution in [0.2, 0.25) is 10.0 Å². The van der Waals surface area contributed by atoms with Gasteiger partial charge in [-0.2, -0.15) is 0 Å². The zero-order valence-electron chi connectivity index (χ0n) is 10.1. The fourth-order valence-electron chi connectivity index (χ4n) is 2.11. The molecule has 0 bridgehead atoms. The Hall–Kier alpha value is 0.0700. The maximum absolute atomic E-state index is 9.59. The number of hydrogen-bond donors (Lipinski definition) is 1. The van der Waals surface area contributed by atoms with Gasteiger partial charge in [0.15, 0.2) is 0 Å². The van der Waals surface area contributed by atoms with Gasteiger partial charge in [0, 0.05) is 28.8 Å². The minimum atomic E-state index is -0.154. The fourth-order valence-corrected chi connectivity index (χ4v) is 3.61. The highest BCUT2D eigenvalue weighted by atomic mass is 35.5. The highest BCUT2D eigenvalue weighted by molar-refractivity contribution is 7.99. The summed E-state index contributed by atoms with van der Waals surface area (Å²) in [5.41, 5.74) is 0. The van der Waals surface area contributed by atoms with Crippen molar-refractivity contribution < 1.29 is 5.11 Å². The number of thioether (sulfide) groups is 1. The first-order valence-corrected chi connectivity index (χ1v) is 7.87. The normalized spacial score (nSPS) is 21.2. The van der Waals surface area contributed by atoms with Crippen LogP contribution >= 0.6 is 35.0 Å². The van der Waals surface area contributed by atoms with Gasteiger partial charge in [0.1, 0.15) is 0 Å². The summed E-state index contributed by atoms with van der Waals surface area (Å²) in [6, 6.07) is 5.53. The Kier molecular flexibility index (Phi) is 5.64. The van der Waals surface area contributed by atoms with Crippen LogP contribution in [0, 0.1) is 0 Å². The molecule has 0 unspecified atom stereocenters. The van der Waals surface area contributed by atoms with Crippen LogP contribution in [0.25, 0.3) is 0 Å². The van der Waals surface area contributed by atoms with Crippen LogP contribution < -0.4 is 0 Å². The van der Waals surface area contributed by atoms with E-state index in [0.29, 0.717) is 0 Å². The molecule has 18 heavy (non-hydrogen) atoms. The summed E-state index contributed by atoms with van der Waals surface area (Å²) < 4.78 is 0. The molecule has 1 aliphatic heterocycles. The molecular weight excluding hydrogens is 289 g/mol. The number of hydrogen-bond acceptors (Lipinski definition) is 3. The number of halogens is 2. The highest BCUT2D eigenvalue weighted by Gasteiger charge is 2.17. The van der Waals surface area contributed by atoms with E-state index in [1.54, 1.807) is 17.8 Å². The molecule has 1 aromatic rings. The lowest BCUT2D eigenvalue weighted by Gasteiger charge is -2.29. The maximum Gasteiger partial charge on any atom is 0.0667 e. The molecule has 1 saturated heterocycles. The minimum absolute atomic E-state index is 0.154. The quantitative estimate of drug-likeness (QED) is 0.861. The van der Waals surface area contributed by atoms with Crippen molar-refractivity contribution in [2.75, 3.05) is 25.4 Å². The van der Waals surface area contributed by atoms with E-state index in [2.05, 4.69) is 4.90 Å². The van der Waals surface area contributed by atoms with Gasteiger partial charge >= 0.3 is 0 Å². The molecule has 0 aromatic heterocycles. The van der Waals surface area contributed by atoms with Gasteiger partial charge in [0.2, 0.25) is 0 Å². The summed E-state index contributed by atoms with van der Waals surface area (Å²) in [6.45, 7) is 2.86. The summed E-state index contributed by atoms with van der Waals surface area (Å²) in [5.74, 6) is 0.965. The summed E-state index contributed by atoms with van der Waals surface area (Å²) in [6.07, 6.45) is 1.87. The lowest BCUT2D eigenvalue weighted by atomic mass is 10.1. The number of rotatable bonds is 4. The third-order valence-electron chi connectivity index (χ3n) is 3.04. The molecule has 1 N–H and O–H groups in total. The molecule has 1 fully saturated rings. The van der Waals surface area contributed by atoms with Gasteiger partial charge in [0.25, 0.3) is 0 Å². The van der Waals surface area contributed by atoms with Crippen molar-refractivity contribution in [2.45, 2.75) is 23.8 Å². The van der Waals surface area contributed by atoms with E-state index < -0.39 is 0 Å². The monoisotopic (exact) mass is 305 g/mol. The molecule has 1 aromatic carbocycles. The number of β-amino-alcohol motifs (C(OH)–C–C–N with tert-alkyl or cyclic N) is 1. The van der Waals surface area contributed by atoms with Crippen molar-refractivity contribution in [2.24, 2.45) is 0 Å². The Morgan fingerprint density at radius 2 is 2.22 bits per heavy atom. The Bertz CT molecular complexity index is 403. The molecule has 0 aliphatic carbocycles. The molecule has 0 amide bonds. The zero-order valence-corrected chi connectivity index (χ0v) is 12.4. The van der Waals surface area contributed by atoms with E-state index in [1.807, 2.05) is 12.1 Å². The Morgan fingerprint density at radius 3 is 3.00 bits per heavy atom. The van der Waals surface area contributed by atoms with E-state index >= 15 is 0 Å². The number of aliphatic hydroxyl groups excluding tert-OH is 1. The van der Waals surface area contributed by atoms with E-state index in [4.69, 9.17) is 23.2 Å².